The van der Waals surface area contributed by atoms with Gasteiger partial charge in [-0.25, -0.2) is 9.59 Å². The minimum absolute atomic E-state index is 0.0379. The smallest absolute Gasteiger partial charge is 0.407 e. The van der Waals surface area contributed by atoms with Crippen molar-refractivity contribution in [2.45, 2.75) is 69.9 Å². The Bertz CT molecular complexity index is 1050. The maximum absolute atomic E-state index is 13.1. The highest BCUT2D eigenvalue weighted by Crippen LogP contribution is 2.44. The van der Waals surface area contributed by atoms with Crippen LogP contribution in [0.25, 0.3) is 11.1 Å². The zero-order chi connectivity index (χ0) is 25.0. The largest absolute Gasteiger partial charge is 0.480 e. The fourth-order valence-electron chi connectivity index (χ4n) is 5.44. The SMILES string of the molecule is CCC[C@@H](CC(=O)N1CCCCC1(C)C(=O)O)NC(=O)OCC1c2ccccc2-c2ccccc21. The van der Waals surface area contributed by atoms with Crippen LogP contribution < -0.4 is 5.32 Å². The zero-order valence-electron chi connectivity index (χ0n) is 20.5. The number of carbonyl (C=O) groups is 3. The second-order valence-corrected chi connectivity index (χ2v) is 9.74. The maximum Gasteiger partial charge on any atom is 0.407 e. The number of carboxylic acid groups (broad SMARTS) is 1. The van der Waals surface area contributed by atoms with Gasteiger partial charge in [-0.2, -0.15) is 0 Å². The van der Waals surface area contributed by atoms with Crippen LogP contribution in [-0.2, 0) is 14.3 Å². The van der Waals surface area contributed by atoms with E-state index in [2.05, 4.69) is 29.6 Å². The van der Waals surface area contributed by atoms with Gasteiger partial charge in [0.05, 0.1) is 0 Å². The van der Waals surface area contributed by atoms with Crippen LogP contribution in [0.2, 0.25) is 0 Å². The third-order valence-corrected chi connectivity index (χ3v) is 7.38. The molecule has 1 aliphatic heterocycles. The first-order chi connectivity index (χ1) is 16.8. The Kier molecular flexibility index (Phi) is 7.43. The van der Waals surface area contributed by atoms with Crippen molar-refractivity contribution in [1.29, 1.82) is 0 Å². The third-order valence-electron chi connectivity index (χ3n) is 7.38. The molecule has 2 aromatic carbocycles. The molecular weight excluding hydrogens is 444 g/mol. The molecule has 0 bridgehead atoms. The van der Waals surface area contributed by atoms with E-state index < -0.39 is 23.6 Å². The first-order valence-corrected chi connectivity index (χ1v) is 12.5. The molecule has 7 heteroatoms. The molecule has 2 aromatic rings. The molecule has 1 unspecified atom stereocenters. The topological polar surface area (TPSA) is 95.9 Å². The number of rotatable bonds is 8. The van der Waals surface area contributed by atoms with E-state index in [0.29, 0.717) is 19.4 Å². The van der Waals surface area contributed by atoms with Crippen LogP contribution in [0.15, 0.2) is 48.5 Å². The lowest BCUT2D eigenvalue weighted by Gasteiger charge is -2.42. The standard InChI is InChI=1S/C28H34N2O5/c1-3-10-19(17-25(31)30-16-9-8-15-28(30,2)26(32)33)29-27(34)35-18-24-22-13-6-4-11-20(22)21-12-5-7-14-23(21)24/h4-7,11-14,19,24H,3,8-10,15-18H2,1-2H3,(H,29,34)(H,32,33)/t19-,28?/m0/s1. The summed E-state index contributed by atoms with van der Waals surface area (Å²) in [5.41, 5.74) is 3.40. The summed E-state index contributed by atoms with van der Waals surface area (Å²) >= 11 is 0. The highest BCUT2D eigenvalue weighted by Gasteiger charge is 2.44. The summed E-state index contributed by atoms with van der Waals surface area (Å²) < 4.78 is 5.65. The molecule has 1 saturated heterocycles. The number of likely N-dealkylation sites (tertiary alicyclic amines) is 1. The molecule has 186 valence electrons. The number of alkyl carbamates (subject to hydrolysis) is 1. The molecule has 1 aliphatic carbocycles. The van der Waals surface area contributed by atoms with E-state index in [0.717, 1.165) is 41.5 Å². The van der Waals surface area contributed by atoms with Gasteiger partial charge in [0.25, 0.3) is 0 Å². The molecule has 7 nitrogen and oxygen atoms in total. The quantitative estimate of drug-likeness (QED) is 0.560. The van der Waals surface area contributed by atoms with E-state index in [-0.39, 0.29) is 24.9 Å². The monoisotopic (exact) mass is 478 g/mol. The van der Waals surface area contributed by atoms with Crippen LogP contribution in [-0.4, -0.2) is 52.7 Å². The minimum Gasteiger partial charge on any atom is -0.480 e. The highest BCUT2D eigenvalue weighted by atomic mass is 16.5. The number of amides is 2. The molecular formula is C28H34N2O5. The first kappa shape index (κ1) is 24.8. The number of hydrogen-bond acceptors (Lipinski definition) is 4. The number of carbonyl (C=O) groups excluding carboxylic acids is 2. The van der Waals surface area contributed by atoms with Gasteiger partial charge in [0.2, 0.25) is 5.91 Å². The minimum atomic E-state index is -1.20. The molecule has 0 saturated carbocycles. The van der Waals surface area contributed by atoms with E-state index in [4.69, 9.17) is 4.74 Å². The zero-order valence-corrected chi connectivity index (χ0v) is 20.5. The summed E-state index contributed by atoms with van der Waals surface area (Å²) in [7, 11) is 0. The van der Waals surface area contributed by atoms with Crippen molar-refractivity contribution in [2.24, 2.45) is 0 Å². The Morgan fingerprint density at radius 1 is 1.09 bits per heavy atom. The van der Waals surface area contributed by atoms with Gasteiger partial charge in [-0.1, -0.05) is 61.9 Å². The summed E-state index contributed by atoms with van der Waals surface area (Å²) in [6.07, 6.45) is 2.88. The van der Waals surface area contributed by atoms with Crippen molar-refractivity contribution in [1.82, 2.24) is 10.2 Å². The number of fused-ring (bicyclic) bond motifs is 3. The summed E-state index contributed by atoms with van der Waals surface area (Å²) in [5, 5.41) is 12.6. The number of nitrogens with one attached hydrogen (secondary N) is 1. The highest BCUT2D eigenvalue weighted by molar-refractivity contribution is 5.87. The van der Waals surface area contributed by atoms with Crippen LogP contribution in [0.1, 0.15) is 69.4 Å². The maximum atomic E-state index is 13.1. The van der Waals surface area contributed by atoms with Gasteiger partial charge >= 0.3 is 12.1 Å². The van der Waals surface area contributed by atoms with Crippen molar-refractivity contribution < 1.29 is 24.2 Å². The van der Waals surface area contributed by atoms with Crippen LogP contribution in [0.5, 0.6) is 0 Å². The van der Waals surface area contributed by atoms with E-state index in [1.165, 1.54) is 4.90 Å². The van der Waals surface area contributed by atoms with E-state index >= 15 is 0 Å². The van der Waals surface area contributed by atoms with Gasteiger partial charge in [-0.05, 0) is 54.9 Å². The Labute approximate surface area is 206 Å². The summed E-state index contributed by atoms with van der Waals surface area (Å²) in [6, 6.07) is 15.9. The molecule has 1 heterocycles. The van der Waals surface area contributed by atoms with Crippen LogP contribution in [0.3, 0.4) is 0 Å². The number of benzene rings is 2. The molecule has 35 heavy (non-hydrogen) atoms. The Hall–Kier alpha value is -3.35. The van der Waals surface area contributed by atoms with Crippen molar-refractivity contribution in [3.05, 3.63) is 59.7 Å². The van der Waals surface area contributed by atoms with Crippen LogP contribution in [0.4, 0.5) is 4.79 Å². The number of nitrogens with zero attached hydrogens (tertiary/aromatic N) is 1. The average Bonchev–Trinajstić information content (AvgIpc) is 3.16. The molecule has 0 radical (unpaired) electrons. The second-order valence-electron chi connectivity index (χ2n) is 9.74. The third kappa shape index (κ3) is 5.04. The molecule has 2 N–H and O–H groups in total. The normalized spacial score (nSPS) is 20.0. The van der Waals surface area contributed by atoms with Gasteiger partial charge in [0.15, 0.2) is 0 Å². The molecule has 2 atom stereocenters. The Morgan fingerprint density at radius 3 is 2.31 bits per heavy atom. The van der Waals surface area contributed by atoms with Gasteiger partial charge in [0, 0.05) is 24.9 Å². The summed E-state index contributed by atoms with van der Waals surface area (Å²) in [5.74, 6) is -1.27. The summed E-state index contributed by atoms with van der Waals surface area (Å²) in [4.78, 5) is 39.2. The van der Waals surface area contributed by atoms with Gasteiger partial charge in [-0.15, -0.1) is 0 Å². The van der Waals surface area contributed by atoms with Crippen molar-refractivity contribution in [3.8, 4) is 11.1 Å². The van der Waals surface area contributed by atoms with Crippen LogP contribution >= 0.6 is 0 Å². The van der Waals surface area contributed by atoms with E-state index in [9.17, 15) is 19.5 Å². The molecule has 0 aromatic heterocycles. The van der Waals surface area contributed by atoms with Crippen LogP contribution in [0, 0.1) is 0 Å². The van der Waals surface area contributed by atoms with E-state index in [1.54, 1.807) is 6.92 Å². The Morgan fingerprint density at radius 2 is 1.71 bits per heavy atom. The van der Waals surface area contributed by atoms with Gasteiger partial charge in [0.1, 0.15) is 12.1 Å². The first-order valence-electron chi connectivity index (χ1n) is 12.5. The fraction of sp³-hybridized carbons (Fsp3) is 0.464. The molecule has 0 spiro atoms. The second kappa shape index (κ2) is 10.5. The van der Waals surface area contributed by atoms with Gasteiger partial charge < -0.3 is 20.1 Å². The van der Waals surface area contributed by atoms with Crippen molar-refractivity contribution in [2.75, 3.05) is 13.2 Å². The van der Waals surface area contributed by atoms with Gasteiger partial charge in [-0.3, -0.25) is 4.79 Å². The van der Waals surface area contributed by atoms with Crippen molar-refractivity contribution in [3.63, 3.8) is 0 Å². The van der Waals surface area contributed by atoms with Crippen molar-refractivity contribution >= 4 is 18.0 Å². The lowest BCUT2D eigenvalue weighted by molar-refractivity contribution is -0.161. The molecule has 2 amide bonds. The number of piperidine rings is 1. The number of carboxylic acids is 1. The number of hydrogen-bond donors (Lipinski definition) is 2. The predicted molar refractivity (Wildman–Crippen MR) is 133 cm³/mol. The van der Waals surface area contributed by atoms with E-state index in [1.807, 2.05) is 31.2 Å². The predicted octanol–water partition coefficient (Wildman–Crippen LogP) is 4.94. The fourth-order valence-corrected chi connectivity index (χ4v) is 5.44. The lowest BCUT2D eigenvalue weighted by Crippen LogP contribution is -2.58. The number of ether oxygens (including phenoxy) is 1. The number of aliphatic carboxylic acids is 1. The molecule has 4 rings (SSSR count). The lowest BCUT2D eigenvalue weighted by atomic mass is 9.87. The summed E-state index contributed by atoms with van der Waals surface area (Å²) in [6.45, 7) is 4.22. The Balaban J connectivity index is 1.39. The molecule has 2 aliphatic rings. The average molecular weight is 479 g/mol. The molecule has 1 fully saturated rings.